The molecular formula is C50H88NO10P. The number of esters is 2. The van der Waals surface area contributed by atoms with E-state index in [1.165, 1.54) is 77.0 Å². The van der Waals surface area contributed by atoms with E-state index in [9.17, 15) is 29.3 Å². The monoisotopic (exact) mass is 894 g/mol. The van der Waals surface area contributed by atoms with Gasteiger partial charge in [-0.3, -0.25) is 14.2 Å². The van der Waals surface area contributed by atoms with Gasteiger partial charge < -0.3 is 38.1 Å². The first-order valence-corrected chi connectivity index (χ1v) is 25.3. The van der Waals surface area contributed by atoms with Crippen LogP contribution in [0.15, 0.2) is 72.9 Å². The second-order valence-corrected chi connectivity index (χ2v) is 18.6. The van der Waals surface area contributed by atoms with Crippen LogP contribution < -0.4 is 4.89 Å². The number of phosphoric acid groups is 1. The van der Waals surface area contributed by atoms with Gasteiger partial charge in [-0.1, -0.05) is 157 Å². The first-order valence-electron chi connectivity index (χ1n) is 23.9. The number of allylic oxidation sites excluding steroid dienone is 9. The highest BCUT2D eigenvalue weighted by atomic mass is 31.2. The predicted molar refractivity (Wildman–Crippen MR) is 252 cm³/mol. The van der Waals surface area contributed by atoms with Gasteiger partial charge in [-0.2, -0.15) is 0 Å². The second kappa shape index (κ2) is 41.1. The van der Waals surface area contributed by atoms with Crippen LogP contribution in [0.3, 0.4) is 0 Å². The Hall–Kier alpha value is -2.63. The van der Waals surface area contributed by atoms with Crippen LogP contribution in [0, 0.1) is 0 Å². The van der Waals surface area contributed by atoms with Crippen LogP contribution in [0.1, 0.15) is 168 Å². The number of hydrogen-bond acceptors (Lipinski definition) is 10. The largest absolute Gasteiger partial charge is 0.756 e. The van der Waals surface area contributed by atoms with Crippen molar-refractivity contribution < 1.29 is 52.3 Å². The zero-order valence-electron chi connectivity index (χ0n) is 39.5. The Morgan fingerprint density at radius 1 is 0.613 bits per heavy atom. The quantitative estimate of drug-likeness (QED) is 0.0151. The highest BCUT2D eigenvalue weighted by Crippen LogP contribution is 2.38. The number of likely N-dealkylation sites (N-methyl/N-ethyl adjacent to an activating group) is 1. The van der Waals surface area contributed by atoms with Gasteiger partial charge in [0.1, 0.15) is 19.8 Å². The Morgan fingerprint density at radius 3 is 1.71 bits per heavy atom. The van der Waals surface area contributed by atoms with Gasteiger partial charge in [-0.05, 0) is 70.6 Å². The van der Waals surface area contributed by atoms with Crippen LogP contribution in [-0.2, 0) is 32.7 Å². The third kappa shape index (κ3) is 44.0. The van der Waals surface area contributed by atoms with Gasteiger partial charge in [0.15, 0.2) is 6.10 Å². The highest BCUT2D eigenvalue weighted by Gasteiger charge is 2.22. The molecule has 0 saturated carbocycles. The maximum Gasteiger partial charge on any atom is 0.306 e. The van der Waals surface area contributed by atoms with E-state index in [0.717, 1.165) is 38.5 Å². The molecule has 0 aliphatic rings. The zero-order valence-corrected chi connectivity index (χ0v) is 40.4. The minimum Gasteiger partial charge on any atom is -0.756 e. The molecule has 4 atom stereocenters. The van der Waals surface area contributed by atoms with Gasteiger partial charge >= 0.3 is 11.9 Å². The van der Waals surface area contributed by atoms with Gasteiger partial charge in [-0.15, -0.1) is 0 Å². The molecular weight excluding hydrogens is 806 g/mol. The number of nitrogens with zero attached hydrogens (tertiary/aromatic N) is 1. The third-order valence-electron chi connectivity index (χ3n) is 9.89. The van der Waals surface area contributed by atoms with Crippen molar-refractivity contribution in [3.05, 3.63) is 72.9 Å². The number of carbonyl (C=O) groups excluding carboxylic acids is 2. The molecule has 0 rings (SSSR count). The summed E-state index contributed by atoms with van der Waals surface area (Å²) in [6.07, 6.45) is 44.1. The predicted octanol–water partition coefficient (Wildman–Crippen LogP) is 11.1. The van der Waals surface area contributed by atoms with Crippen LogP contribution in [-0.4, -0.2) is 92.5 Å². The molecule has 2 N–H and O–H groups in total. The standard InChI is InChI=1S/C50H88NO10P/c1-6-8-10-12-14-15-16-17-18-19-20-21-22-23-24-25-26-28-34-40-50(55)61-48(45-60-62(56,57)59-43-42-51(3,4)5)44-58-49(54)41-35-39-47(53)38-33-30-29-32-37-46(52)36-31-27-13-11-9-7-2/h14-15,17-18,27,29-33,37-38,46-48,52-53H,6-13,16,19-26,28,34-36,39-45H2,1-5H3/b15-14-,18-17-,30-29+,31-27-,37-32+,38-33-/t46-,47-,48-/m1/s1. The van der Waals surface area contributed by atoms with Crippen LogP contribution in [0.2, 0.25) is 0 Å². The molecule has 0 aliphatic heterocycles. The maximum absolute atomic E-state index is 12.7. The summed E-state index contributed by atoms with van der Waals surface area (Å²) >= 11 is 0. The molecule has 11 nitrogen and oxygen atoms in total. The van der Waals surface area contributed by atoms with Gasteiger partial charge in [0.05, 0.1) is 40.0 Å². The van der Waals surface area contributed by atoms with Crippen molar-refractivity contribution in [3.63, 3.8) is 0 Å². The number of quaternary nitrogens is 1. The summed E-state index contributed by atoms with van der Waals surface area (Å²) in [6, 6.07) is 0. The molecule has 0 radical (unpaired) electrons. The van der Waals surface area contributed by atoms with Crippen molar-refractivity contribution >= 4 is 19.8 Å². The molecule has 62 heavy (non-hydrogen) atoms. The van der Waals surface area contributed by atoms with Gasteiger partial charge in [0.25, 0.3) is 7.82 Å². The van der Waals surface area contributed by atoms with Crippen molar-refractivity contribution in [2.75, 3.05) is 47.5 Å². The van der Waals surface area contributed by atoms with Crippen LogP contribution in [0.4, 0.5) is 0 Å². The Morgan fingerprint density at radius 2 is 1.13 bits per heavy atom. The fourth-order valence-corrected chi connectivity index (χ4v) is 6.78. The number of aliphatic hydroxyl groups excluding tert-OH is 2. The minimum absolute atomic E-state index is 0.0128. The number of rotatable bonds is 42. The van der Waals surface area contributed by atoms with Crippen molar-refractivity contribution in [3.8, 4) is 0 Å². The average molecular weight is 894 g/mol. The van der Waals surface area contributed by atoms with Crippen molar-refractivity contribution in [1.29, 1.82) is 0 Å². The van der Waals surface area contributed by atoms with E-state index in [1.54, 1.807) is 36.5 Å². The van der Waals surface area contributed by atoms with E-state index >= 15 is 0 Å². The number of hydrogen-bond donors (Lipinski definition) is 2. The Kier molecular flexibility index (Phi) is 39.4. The Bertz CT molecular complexity index is 1320. The molecule has 0 aliphatic carbocycles. The molecule has 0 aromatic carbocycles. The van der Waals surface area contributed by atoms with Gasteiger partial charge in [-0.25, -0.2) is 0 Å². The van der Waals surface area contributed by atoms with Crippen LogP contribution in [0.5, 0.6) is 0 Å². The van der Waals surface area contributed by atoms with Crippen LogP contribution >= 0.6 is 7.82 Å². The molecule has 358 valence electrons. The number of ether oxygens (including phenoxy) is 2. The number of aliphatic hydroxyl groups is 2. The van der Waals surface area contributed by atoms with Crippen molar-refractivity contribution in [2.24, 2.45) is 0 Å². The van der Waals surface area contributed by atoms with Gasteiger partial charge in [0.2, 0.25) is 0 Å². The molecule has 0 spiro atoms. The molecule has 12 heteroatoms. The molecule has 0 amide bonds. The summed E-state index contributed by atoms with van der Waals surface area (Å²) in [5, 5.41) is 20.3. The summed E-state index contributed by atoms with van der Waals surface area (Å²) in [5.74, 6) is -1.08. The van der Waals surface area contributed by atoms with Gasteiger partial charge in [0, 0.05) is 12.8 Å². The lowest BCUT2D eigenvalue weighted by molar-refractivity contribution is -0.870. The fourth-order valence-electron chi connectivity index (χ4n) is 6.05. The first-order chi connectivity index (χ1) is 29.8. The lowest BCUT2D eigenvalue weighted by Crippen LogP contribution is -2.37. The van der Waals surface area contributed by atoms with E-state index in [-0.39, 0.29) is 26.1 Å². The normalized spacial score (nSPS) is 15.2. The number of phosphoric ester groups is 1. The molecule has 0 bridgehead atoms. The zero-order chi connectivity index (χ0) is 46.0. The van der Waals surface area contributed by atoms with Crippen molar-refractivity contribution in [1.82, 2.24) is 0 Å². The van der Waals surface area contributed by atoms with Crippen LogP contribution in [0.25, 0.3) is 0 Å². The minimum atomic E-state index is -4.69. The van der Waals surface area contributed by atoms with E-state index in [2.05, 4.69) is 44.2 Å². The topological polar surface area (TPSA) is 152 Å². The second-order valence-electron chi connectivity index (χ2n) is 17.2. The Labute approximate surface area is 377 Å². The molecule has 0 heterocycles. The maximum atomic E-state index is 12.7. The van der Waals surface area contributed by atoms with E-state index in [1.807, 2.05) is 27.2 Å². The summed E-state index contributed by atoms with van der Waals surface area (Å²) in [5.41, 5.74) is 0. The molecule has 0 aromatic rings. The lowest BCUT2D eigenvalue weighted by atomic mass is 10.1. The van der Waals surface area contributed by atoms with E-state index in [4.69, 9.17) is 18.5 Å². The molecule has 0 saturated heterocycles. The molecule has 1 unspecified atom stereocenters. The van der Waals surface area contributed by atoms with E-state index in [0.29, 0.717) is 36.7 Å². The third-order valence-corrected chi connectivity index (χ3v) is 10.9. The number of unbranched alkanes of at least 4 members (excludes halogenated alkanes) is 15. The summed E-state index contributed by atoms with van der Waals surface area (Å²) < 4.78 is 33.8. The highest BCUT2D eigenvalue weighted by molar-refractivity contribution is 7.45. The smallest absolute Gasteiger partial charge is 0.306 e. The lowest BCUT2D eigenvalue weighted by Gasteiger charge is -2.28. The van der Waals surface area contributed by atoms with E-state index < -0.39 is 44.7 Å². The average Bonchev–Trinajstić information content (AvgIpc) is 3.21. The Balaban J connectivity index is 4.56. The summed E-state index contributed by atoms with van der Waals surface area (Å²) in [7, 11) is 1.02. The molecule has 0 fully saturated rings. The fraction of sp³-hybridized carbons (Fsp3) is 0.720. The summed E-state index contributed by atoms with van der Waals surface area (Å²) in [4.78, 5) is 37.7. The first kappa shape index (κ1) is 59.4. The number of carbonyl (C=O) groups is 2. The van der Waals surface area contributed by atoms with Crippen molar-refractivity contribution in [2.45, 2.75) is 186 Å². The summed E-state index contributed by atoms with van der Waals surface area (Å²) in [6.45, 7) is 3.85. The SMILES string of the molecule is CCCCC/C=C\C/C=C\CCCCCCCCCCCC(=O)O[C@H](COC(=O)CCC[C@H](O)\C=C/C=C/C=C/[C@H](O)C/C=C\CCCCC)COP(=O)([O-])OCC[N+](C)(C)C. The molecule has 0 aromatic heterocycles.